The molecule has 8 heteroatoms. The van der Waals surface area contributed by atoms with Crippen LogP contribution in [0.2, 0.25) is 10.0 Å². The maximum Gasteiger partial charge on any atom is 0.279 e. The van der Waals surface area contributed by atoms with Gasteiger partial charge in [-0.25, -0.2) is 0 Å². The fourth-order valence-corrected chi connectivity index (χ4v) is 2.42. The van der Waals surface area contributed by atoms with Gasteiger partial charge >= 0.3 is 0 Å². The van der Waals surface area contributed by atoms with E-state index in [0.29, 0.717) is 28.7 Å². The highest BCUT2D eigenvalue weighted by atomic mass is 35.5. The number of hydrazine groups is 1. The Hall–Kier alpha value is -2.70. The van der Waals surface area contributed by atoms with Crippen LogP contribution >= 0.6 is 23.2 Å². The smallest absolute Gasteiger partial charge is 0.279 e. The average Bonchev–Trinajstić information content (AvgIpc) is 2.66. The molecule has 2 aromatic rings. The van der Waals surface area contributed by atoms with Crippen LogP contribution in [0.3, 0.4) is 0 Å². The molecule has 142 valence electrons. The molecule has 0 radical (unpaired) electrons. The second-order valence-corrected chi connectivity index (χ2v) is 6.25. The number of carbonyl (C=O) groups is 2. The van der Waals surface area contributed by atoms with Gasteiger partial charge in [-0.1, -0.05) is 35.9 Å². The number of hydrogen-bond acceptors (Lipinski definition) is 4. The van der Waals surface area contributed by atoms with E-state index in [-0.39, 0.29) is 5.02 Å². The van der Waals surface area contributed by atoms with Crippen LogP contribution in [0.25, 0.3) is 0 Å². The summed E-state index contributed by atoms with van der Waals surface area (Å²) in [7, 11) is 0. The highest BCUT2D eigenvalue weighted by Crippen LogP contribution is 2.28. The third-order valence-electron chi connectivity index (χ3n) is 3.35. The molecule has 0 aliphatic rings. The molecule has 2 N–H and O–H groups in total. The van der Waals surface area contributed by atoms with Crippen molar-refractivity contribution in [1.82, 2.24) is 10.9 Å². The zero-order chi connectivity index (χ0) is 19.8. The van der Waals surface area contributed by atoms with E-state index in [0.717, 1.165) is 0 Å². The lowest BCUT2D eigenvalue weighted by atomic mass is 10.2. The van der Waals surface area contributed by atoms with Crippen LogP contribution in [0.5, 0.6) is 11.5 Å². The maximum absolute atomic E-state index is 12.1. The van der Waals surface area contributed by atoms with Crippen molar-refractivity contribution in [3.05, 3.63) is 70.7 Å². The molecule has 0 aromatic heterocycles. The van der Waals surface area contributed by atoms with E-state index in [4.69, 9.17) is 32.7 Å². The van der Waals surface area contributed by atoms with Gasteiger partial charge in [0, 0.05) is 10.6 Å². The van der Waals surface area contributed by atoms with Gasteiger partial charge in [0.1, 0.15) is 18.1 Å². The van der Waals surface area contributed by atoms with Gasteiger partial charge in [0.2, 0.25) is 0 Å². The minimum Gasteiger partial charge on any atom is -0.490 e. The molecule has 2 rings (SSSR count). The van der Waals surface area contributed by atoms with E-state index in [9.17, 15) is 9.59 Å². The molecule has 0 saturated carbocycles. The maximum atomic E-state index is 12.1. The summed E-state index contributed by atoms with van der Waals surface area (Å²) in [6, 6.07) is 11.1. The Labute approximate surface area is 167 Å². The number of ether oxygens (including phenoxy) is 2. The predicted octanol–water partition coefficient (Wildman–Crippen LogP) is 3.79. The monoisotopic (exact) mass is 408 g/mol. The summed E-state index contributed by atoms with van der Waals surface area (Å²) in [5, 5.41) is 0.738. The first-order valence-corrected chi connectivity index (χ1v) is 8.72. The summed E-state index contributed by atoms with van der Waals surface area (Å²) in [6.07, 6.45) is 0.732. The Morgan fingerprint density at radius 2 is 1.85 bits per heavy atom. The van der Waals surface area contributed by atoms with E-state index in [1.807, 2.05) is 0 Å². The van der Waals surface area contributed by atoms with Crippen molar-refractivity contribution < 1.29 is 19.1 Å². The third kappa shape index (κ3) is 6.20. The molecular weight excluding hydrogens is 391 g/mol. The highest BCUT2D eigenvalue weighted by molar-refractivity contribution is 6.35. The number of nitrogens with one attached hydrogen (secondary N) is 2. The van der Waals surface area contributed by atoms with Crippen LogP contribution in [0.1, 0.15) is 17.3 Å². The van der Waals surface area contributed by atoms with Crippen LogP contribution in [0.15, 0.2) is 55.1 Å². The SMILES string of the molecule is C=CCOc1ccc(C(=O)NNC(=O)C(C)Oc2ccc(Cl)cc2Cl)cc1. The van der Waals surface area contributed by atoms with Crippen LogP contribution in [0, 0.1) is 0 Å². The molecule has 6 nitrogen and oxygen atoms in total. The van der Waals surface area contributed by atoms with Gasteiger partial charge in [0.25, 0.3) is 11.8 Å². The Balaban J connectivity index is 1.86. The fourth-order valence-electron chi connectivity index (χ4n) is 1.96. The fraction of sp³-hybridized carbons (Fsp3) is 0.158. The Morgan fingerprint density at radius 3 is 2.48 bits per heavy atom. The third-order valence-corrected chi connectivity index (χ3v) is 3.88. The minimum atomic E-state index is -0.890. The lowest BCUT2D eigenvalue weighted by molar-refractivity contribution is -0.128. The van der Waals surface area contributed by atoms with Gasteiger partial charge in [-0.15, -0.1) is 0 Å². The van der Waals surface area contributed by atoms with Crippen molar-refractivity contribution in [3.63, 3.8) is 0 Å². The van der Waals surface area contributed by atoms with Crippen molar-refractivity contribution in [2.75, 3.05) is 6.61 Å². The van der Waals surface area contributed by atoms with Crippen molar-refractivity contribution in [2.24, 2.45) is 0 Å². The van der Waals surface area contributed by atoms with E-state index >= 15 is 0 Å². The molecule has 0 fully saturated rings. The number of amides is 2. The molecule has 0 heterocycles. The van der Waals surface area contributed by atoms with Gasteiger partial charge in [0.05, 0.1) is 5.02 Å². The van der Waals surface area contributed by atoms with E-state index in [1.165, 1.54) is 13.0 Å². The number of carbonyl (C=O) groups excluding carboxylic acids is 2. The second-order valence-electron chi connectivity index (χ2n) is 5.40. The van der Waals surface area contributed by atoms with Crippen LogP contribution < -0.4 is 20.3 Å². The van der Waals surface area contributed by atoms with Crippen molar-refractivity contribution in [3.8, 4) is 11.5 Å². The molecule has 2 amide bonds. The van der Waals surface area contributed by atoms with Gasteiger partial charge in [-0.05, 0) is 49.4 Å². The minimum absolute atomic E-state index is 0.282. The molecule has 0 aliphatic heterocycles. The summed E-state index contributed by atoms with van der Waals surface area (Å²) in [6.45, 7) is 5.46. The van der Waals surface area contributed by atoms with E-state index in [2.05, 4.69) is 17.4 Å². The van der Waals surface area contributed by atoms with Crippen LogP contribution in [-0.2, 0) is 4.79 Å². The molecule has 1 unspecified atom stereocenters. The quantitative estimate of drug-likeness (QED) is 0.539. The molecule has 1 atom stereocenters. The number of hydrogen-bond donors (Lipinski definition) is 2. The van der Waals surface area contributed by atoms with E-state index < -0.39 is 17.9 Å². The molecule has 0 aliphatic carbocycles. The standard InChI is InChI=1S/C19H18Cl2N2O4/c1-3-10-26-15-7-4-13(5-8-15)19(25)23-22-18(24)12(2)27-17-9-6-14(20)11-16(17)21/h3-9,11-12H,1,10H2,2H3,(H,22,24)(H,23,25). The highest BCUT2D eigenvalue weighted by Gasteiger charge is 2.17. The molecule has 0 spiro atoms. The molecule has 0 bridgehead atoms. The Kier molecular flexibility index (Phi) is 7.52. The van der Waals surface area contributed by atoms with Crippen molar-refractivity contribution in [2.45, 2.75) is 13.0 Å². The van der Waals surface area contributed by atoms with Gasteiger partial charge < -0.3 is 9.47 Å². The normalized spacial score (nSPS) is 11.2. The summed E-state index contributed by atoms with van der Waals surface area (Å²) < 4.78 is 10.8. The second kappa shape index (κ2) is 9.85. The Morgan fingerprint density at radius 1 is 1.15 bits per heavy atom. The summed E-state index contributed by atoms with van der Waals surface area (Å²) in [5.74, 6) is -0.0989. The van der Waals surface area contributed by atoms with E-state index in [1.54, 1.807) is 42.5 Å². The topological polar surface area (TPSA) is 76.7 Å². The molecular formula is C19H18Cl2N2O4. The van der Waals surface area contributed by atoms with Crippen molar-refractivity contribution >= 4 is 35.0 Å². The van der Waals surface area contributed by atoms with Crippen LogP contribution in [0.4, 0.5) is 0 Å². The first-order chi connectivity index (χ1) is 12.9. The lowest BCUT2D eigenvalue weighted by Gasteiger charge is -2.16. The van der Waals surface area contributed by atoms with Gasteiger partial charge in [0.15, 0.2) is 6.10 Å². The van der Waals surface area contributed by atoms with Gasteiger partial charge in [-0.2, -0.15) is 0 Å². The zero-order valence-corrected chi connectivity index (χ0v) is 16.0. The summed E-state index contributed by atoms with van der Waals surface area (Å²) >= 11 is 11.8. The summed E-state index contributed by atoms with van der Waals surface area (Å²) in [4.78, 5) is 24.2. The van der Waals surface area contributed by atoms with Crippen molar-refractivity contribution in [1.29, 1.82) is 0 Å². The van der Waals surface area contributed by atoms with Gasteiger partial charge in [-0.3, -0.25) is 20.4 Å². The first kappa shape index (κ1) is 20.6. The number of benzene rings is 2. The lowest BCUT2D eigenvalue weighted by Crippen LogP contribution is -2.47. The predicted molar refractivity (Wildman–Crippen MR) is 104 cm³/mol. The number of halogens is 2. The summed E-state index contributed by atoms with van der Waals surface area (Å²) in [5.41, 5.74) is 4.98. The van der Waals surface area contributed by atoms with Crippen LogP contribution in [-0.4, -0.2) is 24.5 Å². The molecule has 0 saturated heterocycles. The zero-order valence-electron chi connectivity index (χ0n) is 14.5. The molecule has 2 aromatic carbocycles. The largest absolute Gasteiger partial charge is 0.490 e. The average molecular weight is 409 g/mol. The molecule has 27 heavy (non-hydrogen) atoms. The number of rotatable bonds is 7. The Bertz CT molecular complexity index is 825. The first-order valence-electron chi connectivity index (χ1n) is 7.96.